The van der Waals surface area contributed by atoms with Crippen molar-refractivity contribution in [3.8, 4) is 11.1 Å². The van der Waals surface area contributed by atoms with Gasteiger partial charge in [0, 0.05) is 13.0 Å². The summed E-state index contributed by atoms with van der Waals surface area (Å²) >= 11 is 0. The van der Waals surface area contributed by atoms with Gasteiger partial charge in [-0.1, -0.05) is 54.6 Å². The van der Waals surface area contributed by atoms with Crippen molar-refractivity contribution >= 4 is 5.91 Å². The van der Waals surface area contributed by atoms with Gasteiger partial charge in [-0.05, 0) is 29.7 Å². The van der Waals surface area contributed by atoms with E-state index in [-0.39, 0.29) is 5.91 Å². The van der Waals surface area contributed by atoms with E-state index in [1.54, 1.807) is 0 Å². The zero-order chi connectivity index (χ0) is 14.2. The highest BCUT2D eigenvalue weighted by Crippen LogP contribution is 2.19. The second-order valence-corrected chi connectivity index (χ2v) is 4.81. The largest absolute Gasteiger partial charge is 0.370 e. The zero-order valence-electron chi connectivity index (χ0n) is 11.5. The van der Waals surface area contributed by atoms with Gasteiger partial charge in [-0.3, -0.25) is 4.79 Å². The van der Waals surface area contributed by atoms with Crippen molar-refractivity contribution in [2.45, 2.75) is 19.4 Å². The SMILES string of the molecule is NC(=O)CCCNCc1ccc(-c2ccccc2)cc1. The third-order valence-electron chi connectivity index (χ3n) is 3.17. The van der Waals surface area contributed by atoms with E-state index in [4.69, 9.17) is 5.73 Å². The predicted octanol–water partition coefficient (Wildman–Crippen LogP) is 2.71. The van der Waals surface area contributed by atoms with E-state index < -0.39 is 0 Å². The lowest BCUT2D eigenvalue weighted by Crippen LogP contribution is -2.18. The minimum atomic E-state index is -0.237. The van der Waals surface area contributed by atoms with E-state index in [0.29, 0.717) is 6.42 Å². The molecule has 2 aromatic carbocycles. The maximum atomic E-state index is 10.6. The van der Waals surface area contributed by atoms with Gasteiger partial charge in [-0.25, -0.2) is 0 Å². The third-order valence-corrected chi connectivity index (χ3v) is 3.17. The number of primary amides is 1. The summed E-state index contributed by atoms with van der Waals surface area (Å²) in [4.78, 5) is 10.6. The third kappa shape index (κ3) is 4.52. The molecule has 0 aliphatic rings. The molecule has 0 saturated heterocycles. The maximum Gasteiger partial charge on any atom is 0.217 e. The standard InChI is InChI=1S/C17H20N2O/c18-17(20)7-4-12-19-13-14-8-10-16(11-9-14)15-5-2-1-3-6-15/h1-3,5-6,8-11,19H,4,7,12-13H2,(H2,18,20). The van der Waals surface area contributed by atoms with Crippen LogP contribution in [-0.2, 0) is 11.3 Å². The maximum absolute atomic E-state index is 10.6. The summed E-state index contributed by atoms with van der Waals surface area (Å²) in [5, 5.41) is 3.31. The molecule has 2 aromatic rings. The Hall–Kier alpha value is -2.13. The average molecular weight is 268 g/mol. The molecule has 0 fully saturated rings. The Bertz CT molecular complexity index is 535. The molecule has 0 saturated carbocycles. The molecule has 0 unspecified atom stereocenters. The molecule has 2 rings (SSSR count). The molecule has 0 atom stereocenters. The number of amides is 1. The van der Waals surface area contributed by atoms with E-state index in [2.05, 4.69) is 41.7 Å². The Morgan fingerprint density at radius 3 is 2.25 bits per heavy atom. The molecular formula is C17H20N2O. The summed E-state index contributed by atoms with van der Waals surface area (Å²) in [7, 11) is 0. The van der Waals surface area contributed by atoms with Crippen molar-refractivity contribution in [3.63, 3.8) is 0 Å². The van der Waals surface area contributed by atoms with Crippen LogP contribution in [0.2, 0.25) is 0 Å². The second-order valence-electron chi connectivity index (χ2n) is 4.81. The Kier molecular flexibility index (Phi) is 5.33. The highest BCUT2D eigenvalue weighted by Gasteiger charge is 1.98. The molecule has 1 amide bonds. The summed E-state index contributed by atoms with van der Waals surface area (Å²) in [5.74, 6) is -0.237. The number of nitrogens with one attached hydrogen (secondary N) is 1. The topological polar surface area (TPSA) is 55.1 Å². The number of carbonyl (C=O) groups is 1. The van der Waals surface area contributed by atoms with Crippen molar-refractivity contribution in [2.24, 2.45) is 5.73 Å². The van der Waals surface area contributed by atoms with Crippen LogP contribution in [0.15, 0.2) is 54.6 Å². The molecule has 0 aliphatic heterocycles. The fourth-order valence-electron chi connectivity index (χ4n) is 2.07. The van der Waals surface area contributed by atoms with Gasteiger partial charge in [0.25, 0.3) is 0 Å². The summed E-state index contributed by atoms with van der Waals surface area (Å²) < 4.78 is 0. The van der Waals surface area contributed by atoms with E-state index in [0.717, 1.165) is 19.5 Å². The van der Waals surface area contributed by atoms with Crippen molar-refractivity contribution in [2.75, 3.05) is 6.54 Å². The van der Waals surface area contributed by atoms with Gasteiger partial charge < -0.3 is 11.1 Å². The van der Waals surface area contributed by atoms with Crippen LogP contribution in [-0.4, -0.2) is 12.5 Å². The Morgan fingerprint density at radius 2 is 1.60 bits per heavy atom. The van der Waals surface area contributed by atoms with Gasteiger partial charge in [-0.2, -0.15) is 0 Å². The van der Waals surface area contributed by atoms with Crippen molar-refractivity contribution in [1.82, 2.24) is 5.32 Å². The summed E-state index contributed by atoms with van der Waals surface area (Å²) in [6.07, 6.45) is 1.23. The number of hydrogen-bond acceptors (Lipinski definition) is 2. The summed E-state index contributed by atoms with van der Waals surface area (Å²) in [5.41, 5.74) is 8.79. The van der Waals surface area contributed by atoms with Crippen molar-refractivity contribution in [1.29, 1.82) is 0 Å². The number of carbonyl (C=O) groups excluding carboxylic acids is 1. The highest BCUT2D eigenvalue weighted by molar-refractivity contribution is 5.73. The highest BCUT2D eigenvalue weighted by atomic mass is 16.1. The van der Waals surface area contributed by atoms with Gasteiger partial charge >= 0.3 is 0 Å². The molecule has 0 heterocycles. The van der Waals surface area contributed by atoms with Gasteiger partial charge in [0.2, 0.25) is 5.91 Å². The normalized spacial score (nSPS) is 10.4. The Morgan fingerprint density at radius 1 is 0.950 bits per heavy atom. The lowest BCUT2D eigenvalue weighted by Gasteiger charge is -2.06. The first kappa shape index (κ1) is 14.3. The monoisotopic (exact) mass is 268 g/mol. The van der Waals surface area contributed by atoms with Gasteiger partial charge in [-0.15, -0.1) is 0 Å². The summed E-state index contributed by atoms with van der Waals surface area (Å²) in [6, 6.07) is 18.9. The summed E-state index contributed by atoms with van der Waals surface area (Å²) in [6.45, 7) is 1.62. The molecule has 0 aliphatic carbocycles. The van der Waals surface area contributed by atoms with E-state index in [9.17, 15) is 4.79 Å². The van der Waals surface area contributed by atoms with Crippen molar-refractivity contribution in [3.05, 3.63) is 60.2 Å². The molecule has 3 heteroatoms. The minimum Gasteiger partial charge on any atom is -0.370 e. The number of hydrogen-bond donors (Lipinski definition) is 2. The quantitative estimate of drug-likeness (QED) is 0.759. The van der Waals surface area contributed by atoms with Crippen LogP contribution in [0.25, 0.3) is 11.1 Å². The first-order valence-electron chi connectivity index (χ1n) is 6.89. The average Bonchev–Trinajstić information content (AvgIpc) is 2.48. The van der Waals surface area contributed by atoms with Gasteiger partial charge in [0.15, 0.2) is 0 Å². The van der Waals surface area contributed by atoms with Gasteiger partial charge in [0.1, 0.15) is 0 Å². The molecule has 3 nitrogen and oxygen atoms in total. The lowest BCUT2D eigenvalue weighted by atomic mass is 10.0. The minimum absolute atomic E-state index is 0.237. The molecule has 0 bridgehead atoms. The molecule has 0 radical (unpaired) electrons. The first-order chi connectivity index (χ1) is 9.75. The number of nitrogens with two attached hydrogens (primary N) is 1. The lowest BCUT2D eigenvalue weighted by molar-refractivity contribution is -0.118. The van der Waals surface area contributed by atoms with Crippen LogP contribution >= 0.6 is 0 Å². The van der Waals surface area contributed by atoms with Crippen molar-refractivity contribution < 1.29 is 4.79 Å². The van der Waals surface area contributed by atoms with Crippen LogP contribution < -0.4 is 11.1 Å². The molecule has 3 N–H and O–H groups in total. The number of rotatable bonds is 7. The van der Waals surface area contributed by atoms with Gasteiger partial charge in [0.05, 0.1) is 0 Å². The van der Waals surface area contributed by atoms with Crippen LogP contribution in [0, 0.1) is 0 Å². The second kappa shape index (κ2) is 7.46. The van der Waals surface area contributed by atoms with E-state index in [1.807, 2.05) is 18.2 Å². The van der Waals surface area contributed by atoms with Crippen LogP contribution in [0.3, 0.4) is 0 Å². The Labute approximate surface area is 119 Å². The molecule has 104 valence electrons. The molecular weight excluding hydrogens is 248 g/mol. The fourth-order valence-corrected chi connectivity index (χ4v) is 2.07. The molecule has 0 aromatic heterocycles. The molecule has 20 heavy (non-hydrogen) atoms. The van der Waals surface area contributed by atoms with E-state index in [1.165, 1.54) is 16.7 Å². The predicted molar refractivity (Wildman–Crippen MR) is 82.0 cm³/mol. The fraction of sp³-hybridized carbons (Fsp3) is 0.235. The molecule has 0 spiro atoms. The smallest absolute Gasteiger partial charge is 0.217 e. The number of benzene rings is 2. The first-order valence-corrected chi connectivity index (χ1v) is 6.89. The van der Waals surface area contributed by atoms with Crippen LogP contribution in [0.4, 0.5) is 0 Å². The van der Waals surface area contributed by atoms with Crippen LogP contribution in [0.1, 0.15) is 18.4 Å². The zero-order valence-corrected chi connectivity index (χ0v) is 11.5. The Balaban J connectivity index is 1.82. The van der Waals surface area contributed by atoms with E-state index >= 15 is 0 Å². The van der Waals surface area contributed by atoms with Crippen LogP contribution in [0.5, 0.6) is 0 Å².